The Morgan fingerprint density at radius 2 is 1.72 bits per heavy atom. The number of ether oxygens (including phenoxy) is 3. The molecular formula is C27H22N2O6S. The van der Waals surface area contributed by atoms with E-state index in [1.54, 1.807) is 67.8 Å². The normalized spacial score (nSPS) is 17.0. The average molecular weight is 503 g/mol. The van der Waals surface area contributed by atoms with Gasteiger partial charge in [0.2, 0.25) is 0 Å². The lowest BCUT2D eigenvalue weighted by Crippen LogP contribution is -2.29. The number of carbonyl (C=O) groups excluding carboxylic acids is 2. The second-order valence-electron chi connectivity index (χ2n) is 7.95. The number of hydrogen-bond acceptors (Lipinski definition) is 8. The second kappa shape index (κ2) is 9.35. The zero-order valence-corrected chi connectivity index (χ0v) is 20.5. The molecule has 36 heavy (non-hydrogen) atoms. The smallest absolute Gasteiger partial charge is 0.301 e. The van der Waals surface area contributed by atoms with E-state index in [0.29, 0.717) is 39.0 Å². The molecule has 1 N–H and O–H groups in total. The number of para-hydroxylation sites is 1. The Hall–Kier alpha value is -4.37. The molecule has 1 aromatic heterocycles. The first-order chi connectivity index (χ1) is 17.5. The molecule has 1 fully saturated rings. The summed E-state index contributed by atoms with van der Waals surface area (Å²) < 4.78 is 17.2. The van der Waals surface area contributed by atoms with Crippen molar-refractivity contribution in [3.05, 3.63) is 83.4 Å². The van der Waals surface area contributed by atoms with Gasteiger partial charge in [-0.05, 0) is 24.3 Å². The molecule has 0 spiro atoms. The van der Waals surface area contributed by atoms with Gasteiger partial charge >= 0.3 is 5.91 Å². The van der Waals surface area contributed by atoms with Gasteiger partial charge in [0.15, 0.2) is 16.6 Å². The van der Waals surface area contributed by atoms with Gasteiger partial charge in [-0.15, -0.1) is 0 Å². The van der Waals surface area contributed by atoms with Crippen molar-refractivity contribution in [3.8, 4) is 17.2 Å². The van der Waals surface area contributed by atoms with Gasteiger partial charge < -0.3 is 19.3 Å². The monoisotopic (exact) mass is 502 g/mol. The number of ketones is 1. The predicted octanol–water partition coefficient (Wildman–Crippen LogP) is 4.95. The molecule has 1 aliphatic heterocycles. The maximum Gasteiger partial charge on any atom is 0.301 e. The Bertz CT molecular complexity index is 1510. The maximum absolute atomic E-state index is 13.5. The Morgan fingerprint density at radius 1 is 0.944 bits per heavy atom. The van der Waals surface area contributed by atoms with E-state index in [9.17, 15) is 14.7 Å². The highest BCUT2D eigenvalue weighted by Gasteiger charge is 2.49. The molecule has 1 atom stereocenters. The molecule has 0 unspecified atom stereocenters. The van der Waals surface area contributed by atoms with Gasteiger partial charge in [-0.1, -0.05) is 53.8 Å². The largest absolute Gasteiger partial charge is 0.507 e. The van der Waals surface area contributed by atoms with Crippen LogP contribution < -0.4 is 19.1 Å². The molecule has 0 bridgehead atoms. The number of benzene rings is 3. The third-order valence-corrected chi connectivity index (χ3v) is 7.03. The number of thiazole rings is 1. The number of rotatable bonds is 6. The summed E-state index contributed by atoms with van der Waals surface area (Å²) in [6, 6.07) is 18.2. The van der Waals surface area contributed by atoms with Crippen molar-refractivity contribution in [2.75, 3.05) is 26.2 Å². The summed E-state index contributed by atoms with van der Waals surface area (Å²) in [5.41, 5.74) is 1.48. The summed E-state index contributed by atoms with van der Waals surface area (Å²) >= 11 is 1.25. The van der Waals surface area contributed by atoms with Gasteiger partial charge in [0.05, 0.1) is 37.1 Å². The van der Waals surface area contributed by atoms with E-state index in [-0.39, 0.29) is 11.3 Å². The van der Waals surface area contributed by atoms with E-state index in [1.807, 2.05) is 6.07 Å². The SMILES string of the molecule is COc1ccc2nc(N3C(=O)C(=O)C(=C(O)c4ccccc4)[C@@H]3c3cccc(OC)c3OC)sc2c1. The third kappa shape index (κ3) is 3.74. The number of nitrogens with zero attached hydrogens (tertiary/aromatic N) is 2. The number of aliphatic hydroxyl groups is 1. The fraction of sp³-hybridized carbons (Fsp3) is 0.148. The first kappa shape index (κ1) is 23.4. The highest BCUT2D eigenvalue weighted by atomic mass is 32.1. The molecule has 0 radical (unpaired) electrons. The van der Waals surface area contributed by atoms with Crippen LogP contribution in [0.3, 0.4) is 0 Å². The van der Waals surface area contributed by atoms with Crippen LogP contribution in [0.4, 0.5) is 5.13 Å². The molecule has 1 amide bonds. The lowest BCUT2D eigenvalue weighted by atomic mass is 9.94. The molecular weight excluding hydrogens is 480 g/mol. The summed E-state index contributed by atoms with van der Waals surface area (Å²) in [5.74, 6) is -0.478. The molecule has 1 aliphatic rings. The van der Waals surface area contributed by atoms with Crippen LogP contribution in [-0.4, -0.2) is 43.1 Å². The van der Waals surface area contributed by atoms with E-state index in [4.69, 9.17) is 14.2 Å². The first-order valence-corrected chi connectivity index (χ1v) is 11.8. The highest BCUT2D eigenvalue weighted by molar-refractivity contribution is 7.22. The Balaban J connectivity index is 1.78. The van der Waals surface area contributed by atoms with E-state index in [1.165, 1.54) is 30.5 Å². The molecule has 0 saturated carbocycles. The predicted molar refractivity (Wildman–Crippen MR) is 137 cm³/mol. The number of anilines is 1. The van der Waals surface area contributed by atoms with E-state index >= 15 is 0 Å². The molecule has 4 aromatic rings. The molecule has 8 nitrogen and oxygen atoms in total. The van der Waals surface area contributed by atoms with Crippen molar-refractivity contribution in [3.63, 3.8) is 0 Å². The number of aliphatic hydroxyl groups excluding tert-OH is 1. The molecule has 5 rings (SSSR count). The minimum Gasteiger partial charge on any atom is -0.507 e. The van der Waals surface area contributed by atoms with Gasteiger partial charge in [-0.25, -0.2) is 4.98 Å². The zero-order valence-electron chi connectivity index (χ0n) is 19.7. The summed E-state index contributed by atoms with van der Waals surface area (Å²) in [5, 5.41) is 11.6. The minimum atomic E-state index is -1.00. The van der Waals surface area contributed by atoms with Crippen molar-refractivity contribution in [1.82, 2.24) is 4.98 Å². The van der Waals surface area contributed by atoms with Gasteiger partial charge in [0.1, 0.15) is 17.6 Å². The minimum absolute atomic E-state index is 0.0606. The van der Waals surface area contributed by atoms with E-state index in [2.05, 4.69) is 4.98 Å². The van der Waals surface area contributed by atoms with Crippen LogP contribution in [-0.2, 0) is 9.59 Å². The molecule has 0 aliphatic carbocycles. The van der Waals surface area contributed by atoms with Gasteiger partial charge in [-0.2, -0.15) is 0 Å². The van der Waals surface area contributed by atoms with Crippen molar-refractivity contribution in [1.29, 1.82) is 0 Å². The Morgan fingerprint density at radius 3 is 2.42 bits per heavy atom. The fourth-order valence-electron chi connectivity index (χ4n) is 4.33. The van der Waals surface area contributed by atoms with E-state index < -0.39 is 17.7 Å². The third-order valence-electron chi connectivity index (χ3n) is 6.01. The molecule has 182 valence electrons. The average Bonchev–Trinajstić information content (AvgIpc) is 3.45. The van der Waals surface area contributed by atoms with Crippen LogP contribution in [0.2, 0.25) is 0 Å². The van der Waals surface area contributed by atoms with Crippen molar-refractivity contribution >= 4 is 44.1 Å². The summed E-state index contributed by atoms with van der Waals surface area (Å²) in [4.78, 5) is 32.9. The standard InChI is InChI=1S/C27H22N2O6S/c1-33-16-12-13-18-20(14-16)36-27(28-18)29-22(17-10-7-11-19(34-2)25(17)35-3)21(24(31)26(29)32)23(30)15-8-5-4-6-9-15/h4-14,22,30H,1-3H3/t22-/m0/s1. The maximum atomic E-state index is 13.5. The van der Waals surface area contributed by atoms with Crippen LogP contribution in [0.5, 0.6) is 17.2 Å². The summed E-state index contributed by atoms with van der Waals surface area (Å²) in [6.07, 6.45) is 0. The van der Waals surface area contributed by atoms with Gasteiger partial charge in [-0.3, -0.25) is 14.5 Å². The van der Waals surface area contributed by atoms with Gasteiger partial charge in [0.25, 0.3) is 5.78 Å². The number of methoxy groups -OCH3 is 3. The quantitative estimate of drug-likeness (QED) is 0.226. The number of amides is 1. The topological polar surface area (TPSA) is 98.2 Å². The number of carbonyl (C=O) groups is 2. The van der Waals surface area contributed by atoms with Crippen LogP contribution in [0.25, 0.3) is 16.0 Å². The Labute approximate surface area is 211 Å². The zero-order chi connectivity index (χ0) is 25.4. The van der Waals surface area contributed by atoms with Crippen LogP contribution in [0, 0.1) is 0 Å². The lowest BCUT2D eigenvalue weighted by Gasteiger charge is -2.25. The number of aromatic nitrogens is 1. The number of hydrogen-bond donors (Lipinski definition) is 1. The van der Waals surface area contributed by atoms with E-state index in [0.717, 1.165) is 4.70 Å². The van der Waals surface area contributed by atoms with Gasteiger partial charge in [0, 0.05) is 11.1 Å². The molecule has 2 heterocycles. The van der Waals surface area contributed by atoms with Crippen LogP contribution in [0.1, 0.15) is 17.2 Å². The summed E-state index contributed by atoms with van der Waals surface area (Å²) in [6.45, 7) is 0. The first-order valence-electron chi connectivity index (χ1n) is 11.0. The number of fused-ring (bicyclic) bond motifs is 1. The lowest BCUT2D eigenvalue weighted by molar-refractivity contribution is -0.132. The fourth-order valence-corrected chi connectivity index (χ4v) is 5.35. The van der Waals surface area contributed by atoms with Crippen molar-refractivity contribution < 1.29 is 28.9 Å². The Kier molecular flexibility index (Phi) is 6.07. The summed E-state index contributed by atoms with van der Waals surface area (Å²) in [7, 11) is 4.55. The van der Waals surface area contributed by atoms with Crippen LogP contribution >= 0.6 is 11.3 Å². The van der Waals surface area contributed by atoms with Crippen molar-refractivity contribution in [2.24, 2.45) is 0 Å². The highest BCUT2D eigenvalue weighted by Crippen LogP contribution is 2.48. The molecule has 1 saturated heterocycles. The molecule has 9 heteroatoms. The number of Topliss-reactive ketones (excluding diaryl/α,β-unsaturated/α-hetero) is 1. The van der Waals surface area contributed by atoms with Crippen LogP contribution in [0.15, 0.2) is 72.3 Å². The second-order valence-corrected chi connectivity index (χ2v) is 8.96. The molecule has 3 aromatic carbocycles. The van der Waals surface area contributed by atoms with Crippen molar-refractivity contribution in [2.45, 2.75) is 6.04 Å².